The van der Waals surface area contributed by atoms with Gasteiger partial charge in [-0.05, 0) is 25.0 Å². The highest BCUT2D eigenvalue weighted by atomic mass is 16.5. The minimum absolute atomic E-state index is 0.279. The molecule has 2 N–H and O–H groups in total. The van der Waals surface area contributed by atoms with Crippen LogP contribution in [0.25, 0.3) is 0 Å². The molecule has 0 radical (unpaired) electrons. The zero-order valence-corrected chi connectivity index (χ0v) is 9.31. The van der Waals surface area contributed by atoms with Crippen LogP contribution in [0.2, 0.25) is 0 Å². The first-order valence-corrected chi connectivity index (χ1v) is 5.11. The van der Waals surface area contributed by atoms with Gasteiger partial charge in [-0.3, -0.25) is 0 Å². The second kappa shape index (κ2) is 6.79. The highest BCUT2D eigenvalue weighted by Crippen LogP contribution is 2.03. The van der Waals surface area contributed by atoms with Gasteiger partial charge in [0.2, 0.25) is 0 Å². The van der Waals surface area contributed by atoms with Gasteiger partial charge in [-0.2, -0.15) is 0 Å². The minimum Gasteiger partial charge on any atom is -0.461 e. The second-order valence-corrected chi connectivity index (χ2v) is 3.31. The highest BCUT2D eigenvalue weighted by molar-refractivity contribution is 5.87. The predicted octanol–water partition coefficient (Wildman–Crippen LogP) is 1.25. The number of nitrogens with two attached hydrogens (primary N) is 1. The Labute approximate surface area is 94.6 Å². The molecule has 0 saturated carbocycles. The molecule has 1 aromatic rings. The van der Waals surface area contributed by atoms with Crippen LogP contribution in [-0.4, -0.2) is 31.3 Å². The molecule has 5 nitrogen and oxygen atoms in total. The molecule has 1 rings (SSSR count). The van der Waals surface area contributed by atoms with Gasteiger partial charge in [0.15, 0.2) is 0 Å². The maximum atomic E-state index is 11.4. The van der Waals surface area contributed by atoms with E-state index in [2.05, 4.69) is 4.98 Å². The largest absolute Gasteiger partial charge is 0.461 e. The van der Waals surface area contributed by atoms with Crippen LogP contribution in [0.3, 0.4) is 0 Å². The Morgan fingerprint density at radius 3 is 2.75 bits per heavy atom. The van der Waals surface area contributed by atoms with Gasteiger partial charge >= 0.3 is 5.97 Å². The number of nitrogens with zero attached hydrogens (tertiary/aromatic N) is 1. The van der Waals surface area contributed by atoms with E-state index in [0.29, 0.717) is 18.9 Å². The molecule has 0 spiro atoms. The molecule has 0 aromatic carbocycles. The summed E-state index contributed by atoms with van der Waals surface area (Å²) in [5.74, 6) is -0.419. The summed E-state index contributed by atoms with van der Waals surface area (Å²) in [4.78, 5) is 15.3. The van der Waals surface area contributed by atoms with Crippen LogP contribution < -0.4 is 5.73 Å². The first-order chi connectivity index (χ1) is 7.74. The SMILES string of the molecule is COCCCCOC(=O)c1ccc(N)cn1. The summed E-state index contributed by atoms with van der Waals surface area (Å²) < 4.78 is 9.90. The third-order valence-electron chi connectivity index (χ3n) is 1.97. The number of rotatable bonds is 6. The lowest BCUT2D eigenvalue weighted by molar-refractivity contribution is 0.0482. The van der Waals surface area contributed by atoms with Crippen molar-refractivity contribution in [2.24, 2.45) is 0 Å². The number of aromatic nitrogens is 1. The number of carbonyl (C=O) groups is 1. The quantitative estimate of drug-likeness (QED) is 0.581. The van der Waals surface area contributed by atoms with E-state index in [9.17, 15) is 4.79 Å². The number of anilines is 1. The molecular formula is C11H16N2O3. The van der Waals surface area contributed by atoms with Crippen LogP contribution in [0.5, 0.6) is 0 Å². The molecule has 0 amide bonds. The molecule has 0 aliphatic carbocycles. The molecule has 1 heterocycles. The van der Waals surface area contributed by atoms with Crippen molar-refractivity contribution in [1.29, 1.82) is 0 Å². The molecular weight excluding hydrogens is 208 g/mol. The van der Waals surface area contributed by atoms with Gasteiger partial charge in [0, 0.05) is 13.7 Å². The van der Waals surface area contributed by atoms with Gasteiger partial charge in [0.1, 0.15) is 5.69 Å². The standard InChI is InChI=1S/C11H16N2O3/c1-15-6-2-3-7-16-11(14)10-5-4-9(12)8-13-10/h4-5,8H,2-3,6-7,12H2,1H3. The smallest absolute Gasteiger partial charge is 0.356 e. The number of pyridine rings is 1. The minimum atomic E-state index is -0.419. The lowest BCUT2D eigenvalue weighted by Gasteiger charge is -2.04. The van der Waals surface area contributed by atoms with Crippen LogP contribution >= 0.6 is 0 Å². The van der Waals surface area contributed by atoms with Crippen molar-refractivity contribution in [3.8, 4) is 0 Å². The lowest BCUT2D eigenvalue weighted by Crippen LogP contribution is -2.09. The van der Waals surface area contributed by atoms with E-state index in [-0.39, 0.29) is 5.69 Å². The first kappa shape index (κ1) is 12.4. The fraction of sp³-hybridized carbons (Fsp3) is 0.455. The first-order valence-electron chi connectivity index (χ1n) is 5.11. The molecule has 0 saturated heterocycles. The Hall–Kier alpha value is -1.62. The molecule has 0 aliphatic heterocycles. The third kappa shape index (κ3) is 4.27. The molecule has 1 aromatic heterocycles. The summed E-state index contributed by atoms with van der Waals surface area (Å²) in [6.07, 6.45) is 3.09. The van der Waals surface area contributed by atoms with Crippen LogP contribution in [-0.2, 0) is 9.47 Å². The fourth-order valence-corrected chi connectivity index (χ4v) is 1.11. The Morgan fingerprint density at radius 2 is 2.12 bits per heavy atom. The van der Waals surface area contributed by atoms with E-state index in [1.165, 1.54) is 6.20 Å². The Morgan fingerprint density at radius 1 is 1.38 bits per heavy atom. The van der Waals surface area contributed by atoms with Crippen LogP contribution in [0.15, 0.2) is 18.3 Å². The average molecular weight is 224 g/mol. The van der Waals surface area contributed by atoms with Gasteiger partial charge in [-0.1, -0.05) is 0 Å². The molecule has 0 unspecified atom stereocenters. The number of ether oxygens (including phenoxy) is 2. The van der Waals surface area contributed by atoms with Gasteiger partial charge in [-0.15, -0.1) is 0 Å². The summed E-state index contributed by atoms with van der Waals surface area (Å²) >= 11 is 0. The fourth-order valence-electron chi connectivity index (χ4n) is 1.11. The summed E-state index contributed by atoms with van der Waals surface area (Å²) in [7, 11) is 1.64. The van der Waals surface area contributed by atoms with E-state index in [1.54, 1.807) is 19.2 Å². The third-order valence-corrected chi connectivity index (χ3v) is 1.97. The lowest BCUT2D eigenvalue weighted by atomic mass is 10.3. The van der Waals surface area contributed by atoms with Gasteiger partial charge in [0.05, 0.1) is 18.5 Å². The maximum absolute atomic E-state index is 11.4. The summed E-state index contributed by atoms with van der Waals surface area (Å²) in [5, 5.41) is 0. The molecule has 0 fully saturated rings. The van der Waals surface area contributed by atoms with E-state index >= 15 is 0 Å². The number of carbonyl (C=O) groups excluding carboxylic acids is 1. The van der Waals surface area contributed by atoms with Crippen molar-refractivity contribution < 1.29 is 14.3 Å². The Kier molecular flexibility index (Phi) is 5.28. The van der Waals surface area contributed by atoms with E-state index < -0.39 is 5.97 Å². The Balaban J connectivity index is 2.27. The number of methoxy groups -OCH3 is 1. The number of unbranched alkanes of at least 4 members (excludes halogenated alkanes) is 1. The van der Waals surface area contributed by atoms with Crippen molar-refractivity contribution in [3.63, 3.8) is 0 Å². The van der Waals surface area contributed by atoms with Crippen molar-refractivity contribution in [2.45, 2.75) is 12.8 Å². The molecule has 5 heteroatoms. The summed E-state index contributed by atoms with van der Waals surface area (Å²) in [6, 6.07) is 3.17. The van der Waals surface area contributed by atoms with Crippen LogP contribution in [0.4, 0.5) is 5.69 Å². The highest BCUT2D eigenvalue weighted by Gasteiger charge is 2.07. The molecule has 0 bridgehead atoms. The number of hydrogen-bond donors (Lipinski definition) is 1. The van der Waals surface area contributed by atoms with Crippen LogP contribution in [0.1, 0.15) is 23.3 Å². The average Bonchev–Trinajstić information content (AvgIpc) is 2.29. The van der Waals surface area contributed by atoms with Crippen molar-refractivity contribution in [2.75, 3.05) is 26.1 Å². The Bertz CT molecular complexity index is 325. The normalized spacial score (nSPS) is 10.1. The van der Waals surface area contributed by atoms with E-state index in [4.69, 9.17) is 15.2 Å². The van der Waals surface area contributed by atoms with Crippen molar-refractivity contribution in [3.05, 3.63) is 24.0 Å². The van der Waals surface area contributed by atoms with Gasteiger partial charge in [0.25, 0.3) is 0 Å². The van der Waals surface area contributed by atoms with Crippen molar-refractivity contribution in [1.82, 2.24) is 4.98 Å². The number of esters is 1. The number of nitrogen functional groups attached to an aromatic ring is 1. The second-order valence-electron chi connectivity index (χ2n) is 3.31. The predicted molar refractivity (Wildman–Crippen MR) is 60.0 cm³/mol. The van der Waals surface area contributed by atoms with E-state index in [0.717, 1.165) is 12.8 Å². The van der Waals surface area contributed by atoms with Crippen LogP contribution in [0, 0.1) is 0 Å². The summed E-state index contributed by atoms with van der Waals surface area (Å²) in [6.45, 7) is 1.06. The topological polar surface area (TPSA) is 74.4 Å². The molecule has 88 valence electrons. The zero-order chi connectivity index (χ0) is 11.8. The van der Waals surface area contributed by atoms with Crippen molar-refractivity contribution >= 4 is 11.7 Å². The monoisotopic (exact) mass is 224 g/mol. The van der Waals surface area contributed by atoms with Gasteiger partial charge < -0.3 is 15.2 Å². The molecule has 0 aliphatic rings. The summed E-state index contributed by atoms with van der Waals surface area (Å²) in [5.41, 5.74) is 6.26. The molecule has 0 atom stereocenters. The van der Waals surface area contributed by atoms with Gasteiger partial charge in [-0.25, -0.2) is 9.78 Å². The maximum Gasteiger partial charge on any atom is 0.356 e. The molecule has 16 heavy (non-hydrogen) atoms. The zero-order valence-electron chi connectivity index (χ0n) is 9.31. The van der Waals surface area contributed by atoms with E-state index in [1.807, 2.05) is 0 Å². The number of hydrogen-bond acceptors (Lipinski definition) is 5.